The third-order valence-corrected chi connectivity index (χ3v) is 16.0. The summed E-state index contributed by atoms with van der Waals surface area (Å²) in [5.41, 5.74) is 22.8. The molecule has 8 aromatic carbocycles. The monoisotopic (exact) mass is 1030 g/mol. The van der Waals surface area contributed by atoms with Gasteiger partial charge in [-0.2, -0.15) is 0 Å². The Morgan fingerprint density at radius 3 is 0.808 bits per heavy atom. The average molecular weight is 1030 g/mol. The van der Waals surface area contributed by atoms with Crippen molar-refractivity contribution in [1.29, 1.82) is 0 Å². The van der Waals surface area contributed by atoms with Gasteiger partial charge < -0.3 is 0 Å². The lowest BCUT2D eigenvalue weighted by Crippen LogP contribution is -2.22. The van der Waals surface area contributed by atoms with Gasteiger partial charge >= 0.3 is 0 Å². The molecule has 0 fully saturated rings. The number of aliphatic imine (C=N–C) groups is 2. The summed E-state index contributed by atoms with van der Waals surface area (Å²) in [7, 11) is 0. The first-order valence-electron chi connectivity index (χ1n) is 29.0. The largest absolute Gasteiger partial charge is 0.300 e. The van der Waals surface area contributed by atoms with E-state index in [1.807, 2.05) is 0 Å². The Bertz CT molecular complexity index is 3260. The van der Waals surface area contributed by atoms with Gasteiger partial charge in [-0.3, -0.25) is 9.80 Å². The van der Waals surface area contributed by atoms with Crippen LogP contribution in [0.4, 0.5) is 22.7 Å². The molecule has 0 saturated heterocycles. The number of hydrogen-bond donors (Lipinski definition) is 0. The minimum absolute atomic E-state index is 0.379. The lowest BCUT2D eigenvalue weighted by atomic mass is 9.91. The van der Waals surface area contributed by atoms with E-state index in [1.165, 1.54) is 111 Å². The van der Waals surface area contributed by atoms with Crippen molar-refractivity contribution >= 4 is 80.5 Å². The van der Waals surface area contributed by atoms with E-state index < -0.39 is 0 Å². The Balaban J connectivity index is 0.000000190. The number of rotatable bonds is 16. The molecule has 0 aliphatic heterocycles. The predicted octanol–water partition coefficient (Wildman–Crippen LogP) is 22.0. The summed E-state index contributed by atoms with van der Waals surface area (Å²) in [4.78, 5) is 15.5. The maximum absolute atomic E-state index is 5.36. The second-order valence-corrected chi connectivity index (χ2v) is 24.2. The van der Waals surface area contributed by atoms with E-state index >= 15 is 0 Å². The number of hydrogen-bond acceptors (Lipinski definition) is 2. The molecule has 0 saturated carbocycles. The van der Waals surface area contributed by atoms with Crippen LogP contribution in [-0.2, 0) is 0 Å². The van der Waals surface area contributed by atoms with Crippen LogP contribution in [0.15, 0.2) is 156 Å². The Kier molecular flexibility index (Phi) is 16.6. The van der Waals surface area contributed by atoms with Crippen molar-refractivity contribution in [1.82, 2.24) is 0 Å². The fourth-order valence-electron chi connectivity index (χ4n) is 11.9. The topological polar surface area (TPSA) is 31.2 Å². The third-order valence-electron chi connectivity index (χ3n) is 16.0. The lowest BCUT2D eigenvalue weighted by Gasteiger charge is -2.30. The van der Waals surface area contributed by atoms with Gasteiger partial charge in [0.25, 0.3) is 0 Å². The highest BCUT2D eigenvalue weighted by molar-refractivity contribution is 6.18. The quantitative estimate of drug-likeness (QED) is 0.0713. The molecule has 0 spiro atoms. The smallest absolute Gasteiger partial charge is 0.100 e. The van der Waals surface area contributed by atoms with Crippen LogP contribution in [0.3, 0.4) is 0 Å². The summed E-state index contributed by atoms with van der Waals surface area (Å²) in [6.45, 7) is 36.4. The van der Waals surface area contributed by atoms with Crippen LogP contribution in [-0.4, -0.2) is 12.7 Å². The highest BCUT2D eigenvalue weighted by Gasteiger charge is 2.29. The molecule has 10 rings (SSSR count). The molecule has 0 radical (unpaired) electrons. The fourth-order valence-corrected chi connectivity index (χ4v) is 11.9. The van der Waals surface area contributed by atoms with Gasteiger partial charge in [0.1, 0.15) is 12.7 Å². The van der Waals surface area contributed by atoms with Crippen LogP contribution >= 0.6 is 0 Å². The normalized spacial score (nSPS) is 13.1. The standard InChI is InChI=1S/2C37H42N2/c2*1-23(2)29-16-11-17-30(24(3)4)36(29)38-22-39(37-31(25(5)6)18-12-19-32(37)26(7)8)34-21-28-15-9-13-27-14-10-20-33(34)35(27)28/h2*9-26H,1-8H3. The van der Waals surface area contributed by atoms with Crippen LogP contribution in [0.1, 0.15) is 225 Å². The third kappa shape index (κ3) is 10.8. The zero-order valence-electron chi connectivity index (χ0n) is 49.6. The van der Waals surface area contributed by atoms with Gasteiger partial charge in [-0.15, -0.1) is 0 Å². The van der Waals surface area contributed by atoms with Gasteiger partial charge in [0.15, 0.2) is 0 Å². The maximum atomic E-state index is 5.36. The second kappa shape index (κ2) is 23.3. The molecule has 0 amide bonds. The molecular formula is C74H84N4. The number of nitrogens with zero attached hydrogens (tertiary/aromatic N) is 4. The molecule has 0 heterocycles. The molecule has 78 heavy (non-hydrogen) atoms. The van der Waals surface area contributed by atoms with Crippen molar-refractivity contribution in [2.45, 2.75) is 158 Å². The van der Waals surface area contributed by atoms with Crippen LogP contribution in [0.2, 0.25) is 0 Å². The van der Waals surface area contributed by atoms with Gasteiger partial charge in [0, 0.05) is 11.1 Å². The molecule has 0 unspecified atom stereocenters. The molecule has 0 aromatic heterocycles. The van der Waals surface area contributed by atoms with Crippen molar-refractivity contribution < 1.29 is 0 Å². The van der Waals surface area contributed by atoms with Crippen LogP contribution in [0.5, 0.6) is 0 Å². The maximum Gasteiger partial charge on any atom is 0.100 e. The predicted molar refractivity (Wildman–Crippen MR) is 343 cm³/mol. The SMILES string of the molecule is CC(C)c1cccc(C(C)C)c1N=CN(C1=Cc2cccc3cccc1c23)c1c(C(C)C)cccc1C(C)C.CC(C)c1cccc(C(C)C)c1N=CN(C1=Cc2cccc3cccc1c23)c1c(C(C)C)cccc1C(C)C. The molecule has 0 atom stereocenters. The van der Waals surface area contributed by atoms with Gasteiger partial charge in [-0.25, -0.2) is 9.98 Å². The van der Waals surface area contributed by atoms with Crippen molar-refractivity contribution in [2.75, 3.05) is 9.80 Å². The molecular weight excluding hydrogens is 945 g/mol. The molecule has 4 nitrogen and oxygen atoms in total. The minimum Gasteiger partial charge on any atom is -0.300 e. The Labute approximate surface area is 468 Å². The summed E-state index contributed by atoms with van der Waals surface area (Å²) < 4.78 is 0. The molecule has 2 aliphatic rings. The van der Waals surface area contributed by atoms with Gasteiger partial charge in [0.05, 0.1) is 34.1 Å². The van der Waals surface area contributed by atoms with Crippen LogP contribution in [0, 0.1) is 0 Å². The summed E-state index contributed by atoms with van der Waals surface area (Å²) in [5, 5.41) is 5.21. The molecule has 2 aliphatic carbocycles. The van der Waals surface area contributed by atoms with E-state index in [-0.39, 0.29) is 0 Å². The van der Waals surface area contributed by atoms with E-state index in [4.69, 9.17) is 9.98 Å². The zero-order chi connectivity index (χ0) is 55.7. The highest BCUT2D eigenvalue weighted by Crippen LogP contribution is 2.47. The lowest BCUT2D eigenvalue weighted by molar-refractivity contribution is 0.831. The molecule has 4 heteroatoms. The van der Waals surface area contributed by atoms with Crippen molar-refractivity contribution in [3.05, 3.63) is 212 Å². The van der Waals surface area contributed by atoms with E-state index in [0.29, 0.717) is 47.3 Å². The zero-order valence-corrected chi connectivity index (χ0v) is 49.6. The molecule has 0 bridgehead atoms. The number of para-hydroxylation sites is 4. The summed E-state index contributed by atoms with van der Waals surface area (Å²) >= 11 is 0. The Morgan fingerprint density at radius 2 is 0.538 bits per heavy atom. The number of benzene rings is 8. The summed E-state index contributed by atoms with van der Waals surface area (Å²) in [6, 6.07) is 53.4. The Morgan fingerprint density at radius 1 is 0.295 bits per heavy atom. The van der Waals surface area contributed by atoms with Crippen LogP contribution < -0.4 is 9.80 Å². The highest BCUT2D eigenvalue weighted by atomic mass is 15.2. The fraction of sp³-hybridized carbons (Fsp3) is 0.324. The van der Waals surface area contributed by atoms with Crippen molar-refractivity contribution in [3.8, 4) is 0 Å². The summed E-state index contributed by atoms with van der Waals surface area (Å²) in [6.07, 6.45) is 8.92. The minimum atomic E-state index is 0.379. The first-order valence-corrected chi connectivity index (χ1v) is 29.0. The second-order valence-electron chi connectivity index (χ2n) is 24.2. The average Bonchev–Trinajstić information content (AvgIpc) is 4.02. The molecule has 400 valence electrons. The van der Waals surface area contributed by atoms with Gasteiger partial charge in [-0.05, 0) is 137 Å². The van der Waals surface area contributed by atoms with Crippen LogP contribution in [0.25, 0.3) is 45.1 Å². The van der Waals surface area contributed by atoms with E-state index in [1.54, 1.807) is 0 Å². The van der Waals surface area contributed by atoms with Gasteiger partial charge in [-0.1, -0.05) is 256 Å². The van der Waals surface area contributed by atoms with Crippen molar-refractivity contribution in [2.24, 2.45) is 9.98 Å². The van der Waals surface area contributed by atoms with E-state index in [9.17, 15) is 0 Å². The number of anilines is 2. The molecule has 0 N–H and O–H groups in total. The Hall–Kier alpha value is -7.30. The first-order chi connectivity index (χ1) is 37.4. The summed E-state index contributed by atoms with van der Waals surface area (Å²) in [5.74, 6) is 3.08. The molecule has 8 aromatic rings. The van der Waals surface area contributed by atoms with E-state index in [2.05, 4.69) is 291 Å². The first kappa shape index (κ1) is 55.5. The van der Waals surface area contributed by atoms with E-state index in [0.717, 1.165) is 11.4 Å². The van der Waals surface area contributed by atoms with Crippen molar-refractivity contribution in [3.63, 3.8) is 0 Å². The van der Waals surface area contributed by atoms with Gasteiger partial charge in [0.2, 0.25) is 0 Å².